The third-order valence-corrected chi connectivity index (χ3v) is 3.01. The summed E-state index contributed by atoms with van der Waals surface area (Å²) >= 11 is 4.97. The Hall–Kier alpha value is -1.13. The Kier molecular flexibility index (Phi) is 4.90. The van der Waals surface area contributed by atoms with E-state index in [1.165, 1.54) is 11.3 Å². The molecule has 17 heavy (non-hydrogen) atoms. The number of likely N-dealkylation sites (N-methyl/N-ethyl adjacent to an activating group) is 2. The number of benzene rings is 1. The van der Waals surface area contributed by atoms with Gasteiger partial charge in [0, 0.05) is 31.4 Å². The summed E-state index contributed by atoms with van der Waals surface area (Å²) < 4.78 is 0. The summed E-state index contributed by atoms with van der Waals surface area (Å²) in [4.78, 5) is 4.88. The van der Waals surface area contributed by atoms with Crippen LogP contribution in [0.3, 0.4) is 0 Å². The molecule has 4 heteroatoms. The molecule has 0 aliphatic heterocycles. The summed E-state index contributed by atoms with van der Waals surface area (Å²) in [5.41, 5.74) is 8.98. The normalized spacial score (nSPS) is 10.6. The molecule has 0 fully saturated rings. The Balaban J connectivity index is 2.81. The topological polar surface area (TPSA) is 32.5 Å². The molecule has 0 heterocycles. The lowest BCUT2D eigenvalue weighted by molar-refractivity contribution is 0.416. The molecular weight excluding hydrogens is 230 g/mol. The lowest BCUT2D eigenvalue weighted by Crippen LogP contribution is -2.29. The molecule has 0 aliphatic carbocycles. The fourth-order valence-electron chi connectivity index (χ4n) is 1.71. The van der Waals surface area contributed by atoms with E-state index in [-0.39, 0.29) is 0 Å². The largest absolute Gasteiger partial charge is 0.389 e. The van der Waals surface area contributed by atoms with Crippen LogP contribution in [0.5, 0.6) is 0 Å². The van der Waals surface area contributed by atoms with Crippen LogP contribution in [0.25, 0.3) is 0 Å². The van der Waals surface area contributed by atoms with Gasteiger partial charge in [0.2, 0.25) is 0 Å². The number of hydrogen-bond acceptors (Lipinski definition) is 3. The Morgan fingerprint density at radius 2 is 1.88 bits per heavy atom. The lowest BCUT2D eigenvalue weighted by atomic mass is 10.1. The number of anilines is 1. The van der Waals surface area contributed by atoms with E-state index in [0.717, 1.165) is 18.7 Å². The van der Waals surface area contributed by atoms with Crippen molar-refractivity contribution in [2.75, 3.05) is 39.1 Å². The van der Waals surface area contributed by atoms with Crippen LogP contribution >= 0.6 is 12.2 Å². The predicted molar refractivity (Wildman–Crippen MR) is 78.9 cm³/mol. The second-order valence-corrected chi connectivity index (χ2v) is 5.03. The van der Waals surface area contributed by atoms with Crippen molar-refractivity contribution in [2.45, 2.75) is 6.92 Å². The molecule has 0 atom stereocenters. The van der Waals surface area contributed by atoms with E-state index in [9.17, 15) is 0 Å². The second kappa shape index (κ2) is 5.98. The third kappa shape index (κ3) is 3.98. The van der Waals surface area contributed by atoms with Crippen LogP contribution in [-0.4, -0.2) is 44.1 Å². The third-order valence-electron chi connectivity index (χ3n) is 2.78. The molecule has 3 nitrogen and oxygen atoms in total. The van der Waals surface area contributed by atoms with Gasteiger partial charge in [-0.15, -0.1) is 0 Å². The summed E-state index contributed by atoms with van der Waals surface area (Å²) in [6.07, 6.45) is 0. The van der Waals surface area contributed by atoms with Crippen molar-refractivity contribution in [2.24, 2.45) is 5.73 Å². The van der Waals surface area contributed by atoms with Gasteiger partial charge in [-0.3, -0.25) is 0 Å². The highest BCUT2D eigenvalue weighted by Gasteiger charge is 2.06. The standard InChI is InChI=1S/C13H21N3S/c1-10-9-11(13(14)17)5-6-12(10)16(4)8-7-15(2)3/h5-6,9H,7-8H2,1-4H3,(H2,14,17). The van der Waals surface area contributed by atoms with E-state index in [2.05, 4.69) is 43.9 Å². The molecule has 0 radical (unpaired) electrons. The molecule has 2 N–H and O–H groups in total. The SMILES string of the molecule is Cc1cc(C(N)=S)ccc1N(C)CCN(C)C. The lowest BCUT2D eigenvalue weighted by Gasteiger charge is -2.23. The molecule has 0 aromatic heterocycles. The molecule has 1 aromatic carbocycles. The van der Waals surface area contributed by atoms with Gasteiger partial charge in [0.05, 0.1) is 0 Å². The van der Waals surface area contributed by atoms with E-state index < -0.39 is 0 Å². The van der Waals surface area contributed by atoms with Crippen LogP contribution in [0.2, 0.25) is 0 Å². The van der Waals surface area contributed by atoms with Crippen molar-refractivity contribution in [3.05, 3.63) is 29.3 Å². The molecule has 0 amide bonds. The molecule has 0 spiro atoms. The first-order chi connectivity index (χ1) is 7.91. The Morgan fingerprint density at radius 1 is 1.24 bits per heavy atom. The summed E-state index contributed by atoms with van der Waals surface area (Å²) in [6.45, 7) is 4.12. The maximum Gasteiger partial charge on any atom is 0.103 e. The van der Waals surface area contributed by atoms with Gasteiger partial charge in [0.15, 0.2) is 0 Å². The van der Waals surface area contributed by atoms with Crippen LogP contribution in [0.1, 0.15) is 11.1 Å². The number of thiocarbonyl (C=S) groups is 1. The van der Waals surface area contributed by atoms with E-state index in [1.807, 2.05) is 12.1 Å². The predicted octanol–water partition coefficient (Wildman–Crippen LogP) is 1.63. The van der Waals surface area contributed by atoms with Crippen LogP contribution in [0.4, 0.5) is 5.69 Å². The summed E-state index contributed by atoms with van der Waals surface area (Å²) in [5, 5.41) is 0. The molecule has 0 saturated heterocycles. The average molecular weight is 251 g/mol. The fraction of sp³-hybridized carbons (Fsp3) is 0.462. The van der Waals surface area contributed by atoms with Gasteiger partial charge in [0.25, 0.3) is 0 Å². The zero-order valence-corrected chi connectivity index (χ0v) is 11.8. The number of nitrogens with zero attached hydrogens (tertiary/aromatic N) is 2. The van der Waals surface area contributed by atoms with Crippen LogP contribution in [0, 0.1) is 6.92 Å². The van der Waals surface area contributed by atoms with Crippen molar-refractivity contribution >= 4 is 22.9 Å². The first-order valence-corrected chi connectivity index (χ1v) is 6.09. The average Bonchev–Trinajstić information content (AvgIpc) is 2.25. The Bertz CT molecular complexity index is 402. The second-order valence-electron chi connectivity index (χ2n) is 4.59. The van der Waals surface area contributed by atoms with Crippen molar-refractivity contribution in [1.82, 2.24) is 4.90 Å². The van der Waals surface area contributed by atoms with Crippen LogP contribution < -0.4 is 10.6 Å². The van der Waals surface area contributed by atoms with E-state index in [1.54, 1.807) is 0 Å². The molecule has 0 bridgehead atoms. The highest BCUT2D eigenvalue weighted by molar-refractivity contribution is 7.80. The van der Waals surface area contributed by atoms with Crippen molar-refractivity contribution in [1.29, 1.82) is 0 Å². The van der Waals surface area contributed by atoms with Gasteiger partial charge in [-0.05, 0) is 44.8 Å². The fourth-order valence-corrected chi connectivity index (χ4v) is 1.83. The van der Waals surface area contributed by atoms with Gasteiger partial charge in [-0.2, -0.15) is 0 Å². The number of aryl methyl sites for hydroxylation is 1. The van der Waals surface area contributed by atoms with E-state index in [0.29, 0.717) is 4.99 Å². The minimum atomic E-state index is 0.454. The van der Waals surface area contributed by atoms with Gasteiger partial charge in [-0.25, -0.2) is 0 Å². The van der Waals surface area contributed by atoms with Gasteiger partial charge < -0.3 is 15.5 Å². The monoisotopic (exact) mass is 251 g/mol. The smallest absolute Gasteiger partial charge is 0.103 e. The maximum absolute atomic E-state index is 5.62. The minimum Gasteiger partial charge on any atom is -0.389 e. The van der Waals surface area contributed by atoms with E-state index >= 15 is 0 Å². The number of nitrogens with two attached hydrogens (primary N) is 1. The summed E-state index contributed by atoms with van der Waals surface area (Å²) in [5.74, 6) is 0. The van der Waals surface area contributed by atoms with Gasteiger partial charge in [-0.1, -0.05) is 12.2 Å². The molecule has 1 rings (SSSR count). The quantitative estimate of drug-likeness (QED) is 0.806. The summed E-state index contributed by atoms with van der Waals surface area (Å²) in [7, 11) is 6.26. The molecular formula is C13H21N3S. The molecule has 94 valence electrons. The van der Waals surface area contributed by atoms with E-state index in [4.69, 9.17) is 18.0 Å². The van der Waals surface area contributed by atoms with Crippen molar-refractivity contribution < 1.29 is 0 Å². The van der Waals surface area contributed by atoms with Gasteiger partial charge >= 0.3 is 0 Å². The number of rotatable bonds is 5. The Morgan fingerprint density at radius 3 is 2.35 bits per heavy atom. The molecule has 0 unspecified atom stereocenters. The zero-order chi connectivity index (χ0) is 13.0. The van der Waals surface area contributed by atoms with Crippen molar-refractivity contribution in [3.8, 4) is 0 Å². The van der Waals surface area contributed by atoms with Crippen LogP contribution in [0.15, 0.2) is 18.2 Å². The summed E-state index contributed by atoms with van der Waals surface area (Å²) in [6, 6.07) is 6.11. The highest BCUT2D eigenvalue weighted by Crippen LogP contribution is 2.20. The van der Waals surface area contributed by atoms with Crippen molar-refractivity contribution in [3.63, 3.8) is 0 Å². The number of hydrogen-bond donors (Lipinski definition) is 1. The first-order valence-electron chi connectivity index (χ1n) is 5.68. The van der Waals surface area contributed by atoms with Crippen LogP contribution in [-0.2, 0) is 0 Å². The zero-order valence-electron chi connectivity index (χ0n) is 11.0. The first kappa shape index (κ1) is 13.9. The minimum absolute atomic E-state index is 0.454. The highest BCUT2D eigenvalue weighted by atomic mass is 32.1. The van der Waals surface area contributed by atoms with Gasteiger partial charge in [0.1, 0.15) is 4.99 Å². The Labute approximate surface area is 109 Å². The molecule has 0 aliphatic rings. The molecule has 0 saturated carbocycles. The molecule has 1 aromatic rings. The maximum atomic E-state index is 5.62.